The van der Waals surface area contributed by atoms with E-state index in [9.17, 15) is 0 Å². The van der Waals surface area contributed by atoms with E-state index in [1.807, 2.05) is 0 Å². The first-order valence-electron chi connectivity index (χ1n) is 7.74. The van der Waals surface area contributed by atoms with Crippen LogP contribution in [0.15, 0.2) is 24.3 Å². The van der Waals surface area contributed by atoms with E-state index < -0.39 is 0 Å². The van der Waals surface area contributed by atoms with Crippen molar-refractivity contribution in [3.8, 4) is 0 Å². The van der Waals surface area contributed by atoms with Crippen molar-refractivity contribution in [3.63, 3.8) is 0 Å². The number of hydrogen-bond acceptors (Lipinski definition) is 0. The predicted octanol–water partition coefficient (Wildman–Crippen LogP) is 6.68. The first-order valence-corrected chi connectivity index (χ1v) is 7.74. The van der Waals surface area contributed by atoms with E-state index in [1.165, 1.54) is 68.9 Å². The first kappa shape index (κ1) is 17.5. The molecule has 0 amide bonds. The highest BCUT2D eigenvalue weighted by atomic mass is 14.3. The minimum absolute atomic E-state index is 0.583. The summed E-state index contributed by atoms with van der Waals surface area (Å²) in [6.07, 6.45) is 11.8. The van der Waals surface area contributed by atoms with Crippen LogP contribution in [-0.4, -0.2) is 0 Å². The Kier molecular flexibility index (Phi) is 9.14. The van der Waals surface area contributed by atoms with E-state index in [-0.39, 0.29) is 0 Å². The SMILES string of the molecule is C=C(C)CCCC(CC)(CCC)CCCC(=C)C. The average Bonchev–Trinajstić information content (AvgIpc) is 2.28. The van der Waals surface area contributed by atoms with Crippen LogP contribution in [0, 0.1) is 5.41 Å². The first-order chi connectivity index (χ1) is 8.45. The van der Waals surface area contributed by atoms with Crippen LogP contribution in [0.5, 0.6) is 0 Å². The number of rotatable bonds is 11. The van der Waals surface area contributed by atoms with Gasteiger partial charge in [-0.25, -0.2) is 0 Å². The van der Waals surface area contributed by atoms with E-state index in [2.05, 4.69) is 40.9 Å². The molecule has 0 aliphatic carbocycles. The summed E-state index contributed by atoms with van der Waals surface area (Å²) in [6.45, 7) is 17.0. The molecule has 0 saturated heterocycles. The normalized spacial score (nSPS) is 11.6. The summed E-state index contributed by atoms with van der Waals surface area (Å²) in [5.41, 5.74) is 3.25. The van der Waals surface area contributed by atoms with Gasteiger partial charge >= 0.3 is 0 Å². The lowest BCUT2D eigenvalue weighted by Gasteiger charge is -2.33. The van der Waals surface area contributed by atoms with Gasteiger partial charge in [-0.2, -0.15) is 0 Å². The van der Waals surface area contributed by atoms with Crippen LogP contribution in [0.2, 0.25) is 0 Å². The van der Waals surface area contributed by atoms with Gasteiger partial charge in [0.05, 0.1) is 0 Å². The highest BCUT2D eigenvalue weighted by Gasteiger charge is 2.25. The Balaban J connectivity index is 4.30. The molecule has 0 N–H and O–H groups in total. The van der Waals surface area contributed by atoms with Crippen molar-refractivity contribution in [2.75, 3.05) is 0 Å². The smallest absolute Gasteiger partial charge is 0.0300 e. The Morgan fingerprint density at radius 3 is 1.56 bits per heavy atom. The molecule has 0 heterocycles. The highest BCUT2D eigenvalue weighted by molar-refractivity contribution is 4.91. The van der Waals surface area contributed by atoms with E-state index in [0.29, 0.717) is 5.41 Å². The largest absolute Gasteiger partial charge is 0.100 e. The van der Waals surface area contributed by atoms with Crippen LogP contribution in [0.1, 0.15) is 85.5 Å². The van der Waals surface area contributed by atoms with Gasteiger partial charge in [-0.1, -0.05) is 37.8 Å². The van der Waals surface area contributed by atoms with Gasteiger partial charge in [0.1, 0.15) is 0 Å². The Morgan fingerprint density at radius 1 is 0.833 bits per heavy atom. The molecule has 0 unspecified atom stereocenters. The fourth-order valence-electron chi connectivity index (χ4n) is 2.97. The van der Waals surface area contributed by atoms with E-state index in [4.69, 9.17) is 0 Å². The molecule has 0 rings (SSSR count). The summed E-state index contributed by atoms with van der Waals surface area (Å²) in [5.74, 6) is 0. The van der Waals surface area contributed by atoms with Crippen molar-refractivity contribution in [2.45, 2.75) is 85.5 Å². The summed E-state index contributed by atoms with van der Waals surface area (Å²) in [7, 11) is 0. The molecule has 0 heteroatoms. The lowest BCUT2D eigenvalue weighted by molar-refractivity contribution is 0.196. The van der Waals surface area contributed by atoms with Gasteiger partial charge in [-0.05, 0) is 64.2 Å². The van der Waals surface area contributed by atoms with Crippen molar-refractivity contribution in [2.24, 2.45) is 5.41 Å². The monoisotopic (exact) mass is 250 g/mol. The molecular formula is C18H34. The summed E-state index contributed by atoms with van der Waals surface area (Å²) in [5, 5.41) is 0. The molecule has 0 radical (unpaired) electrons. The van der Waals surface area contributed by atoms with Crippen LogP contribution in [-0.2, 0) is 0 Å². The van der Waals surface area contributed by atoms with Gasteiger partial charge in [0.25, 0.3) is 0 Å². The second-order valence-electron chi connectivity index (χ2n) is 6.22. The fraction of sp³-hybridized carbons (Fsp3) is 0.778. The number of allylic oxidation sites excluding steroid dienone is 2. The second kappa shape index (κ2) is 9.42. The fourth-order valence-corrected chi connectivity index (χ4v) is 2.97. The molecule has 18 heavy (non-hydrogen) atoms. The summed E-state index contributed by atoms with van der Waals surface area (Å²) < 4.78 is 0. The van der Waals surface area contributed by atoms with Gasteiger partial charge in [-0.15, -0.1) is 13.2 Å². The zero-order chi connectivity index (χ0) is 14.0. The molecule has 0 aliphatic rings. The Hall–Kier alpha value is -0.520. The average molecular weight is 250 g/mol. The quantitative estimate of drug-likeness (QED) is 0.359. The molecule has 106 valence electrons. The maximum Gasteiger partial charge on any atom is -0.0300 e. The van der Waals surface area contributed by atoms with Crippen molar-refractivity contribution < 1.29 is 0 Å². The van der Waals surface area contributed by atoms with E-state index in [1.54, 1.807) is 0 Å². The molecule has 0 aliphatic heterocycles. The Labute approximate surface area is 116 Å². The molecule has 0 saturated carbocycles. The molecule has 0 nitrogen and oxygen atoms in total. The predicted molar refractivity (Wildman–Crippen MR) is 85.0 cm³/mol. The van der Waals surface area contributed by atoms with Crippen molar-refractivity contribution in [3.05, 3.63) is 24.3 Å². The van der Waals surface area contributed by atoms with Gasteiger partial charge in [0.2, 0.25) is 0 Å². The van der Waals surface area contributed by atoms with E-state index in [0.717, 1.165) is 0 Å². The number of hydrogen-bond donors (Lipinski definition) is 0. The van der Waals surface area contributed by atoms with Crippen LogP contribution in [0.4, 0.5) is 0 Å². The topological polar surface area (TPSA) is 0 Å². The van der Waals surface area contributed by atoms with Crippen molar-refractivity contribution in [1.82, 2.24) is 0 Å². The standard InChI is InChI=1S/C18H34/c1-7-13-18(8-2,14-9-11-16(3)4)15-10-12-17(5)6/h3,5,7-15H2,1-2,4,6H3. The van der Waals surface area contributed by atoms with E-state index >= 15 is 0 Å². The lowest BCUT2D eigenvalue weighted by Crippen LogP contribution is -2.20. The van der Waals surface area contributed by atoms with Gasteiger partial charge in [0, 0.05) is 0 Å². The summed E-state index contributed by atoms with van der Waals surface area (Å²) >= 11 is 0. The molecular weight excluding hydrogens is 216 g/mol. The zero-order valence-corrected chi connectivity index (χ0v) is 13.3. The third kappa shape index (κ3) is 7.74. The van der Waals surface area contributed by atoms with Crippen LogP contribution >= 0.6 is 0 Å². The molecule has 0 fully saturated rings. The van der Waals surface area contributed by atoms with Crippen LogP contribution in [0.3, 0.4) is 0 Å². The van der Waals surface area contributed by atoms with Crippen LogP contribution < -0.4 is 0 Å². The molecule has 0 bridgehead atoms. The van der Waals surface area contributed by atoms with Crippen molar-refractivity contribution in [1.29, 1.82) is 0 Å². The molecule has 0 aromatic heterocycles. The molecule has 0 atom stereocenters. The van der Waals surface area contributed by atoms with Gasteiger partial charge in [0.15, 0.2) is 0 Å². The molecule has 0 spiro atoms. The third-order valence-corrected chi connectivity index (χ3v) is 4.15. The highest BCUT2D eigenvalue weighted by Crippen LogP contribution is 2.39. The summed E-state index contributed by atoms with van der Waals surface area (Å²) in [4.78, 5) is 0. The third-order valence-electron chi connectivity index (χ3n) is 4.15. The van der Waals surface area contributed by atoms with Crippen LogP contribution in [0.25, 0.3) is 0 Å². The maximum absolute atomic E-state index is 4.02. The maximum atomic E-state index is 4.02. The van der Waals surface area contributed by atoms with Gasteiger partial charge < -0.3 is 0 Å². The van der Waals surface area contributed by atoms with Gasteiger partial charge in [-0.3, -0.25) is 0 Å². The van der Waals surface area contributed by atoms with Crippen molar-refractivity contribution >= 4 is 0 Å². The Bertz CT molecular complexity index is 227. The minimum Gasteiger partial charge on any atom is -0.100 e. The summed E-state index contributed by atoms with van der Waals surface area (Å²) in [6, 6.07) is 0. The minimum atomic E-state index is 0.583. The molecule has 0 aromatic rings. The zero-order valence-electron chi connectivity index (χ0n) is 13.3. The second-order valence-corrected chi connectivity index (χ2v) is 6.22. The Morgan fingerprint density at radius 2 is 1.28 bits per heavy atom. The lowest BCUT2D eigenvalue weighted by atomic mass is 9.72. The molecule has 0 aromatic carbocycles.